The second-order valence-electron chi connectivity index (χ2n) is 4.22. The van der Waals surface area contributed by atoms with Gasteiger partial charge in [0.1, 0.15) is 5.78 Å². The minimum Gasteiger partial charge on any atom is -0.453 e. The first-order valence-corrected chi connectivity index (χ1v) is 5.75. The molecule has 1 amide bonds. The van der Waals surface area contributed by atoms with Gasteiger partial charge in [0.15, 0.2) is 0 Å². The Labute approximate surface area is 113 Å². The first kappa shape index (κ1) is 16.0. The summed E-state index contributed by atoms with van der Waals surface area (Å²) in [6.45, 7) is 1.29. The number of Topliss-reactive ketones (excluding diaryl/α,β-unsaturated/α-hetero) is 1. The Hall–Kier alpha value is -2.05. The summed E-state index contributed by atoms with van der Waals surface area (Å²) >= 11 is 0. The fraction of sp³-hybridized carbons (Fsp3) is 0.385. The van der Waals surface area contributed by atoms with Crippen LogP contribution in [0, 0.1) is 0 Å². The molecule has 0 aliphatic heterocycles. The molecule has 7 heteroatoms. The van der Waals surface area contributed by atoms with E-state index in [2.05, 4.69) is 10.1 Å². The van der Waals surface area contributed by atoms with Crippen molar-refractivity contribution in [2.45, 2.75) is 25.6 Å². The SMILES string of the molecule is COC(=O)N[C@H](CC(C)=O)c1cccc(C(F)(F)F)c1. The highest BCUT2D eigenvalue weighted by molar-refractivity contribution is 5.77. The summed E-state index contributed by atoms with van der Waals surface area (Å²) in [5.74, 6) is -0.260. The Balaban J connectivity index is 3.07. The molecule has 0 unspecified atom stereocenters. The third kappa shape index (κ3) is 4.56. The number of carbonyl (C=O) groups is 2. The molecular weight excluding hydrogens is 275 g/mol. The molecule has 1 atom stereocenters. The number of amides is 1. The van der Waals surface area contributed by atoms with E-state index in [0.29, 0.717) is 0 Å². The molecule has 0 bridgehead atoms. The van der Waals surface area contributed by atoms with E-state index in [1.54, 1.807) is 0 Å². The van der Waals surface area contributed by atoms with Crippen molar-refractivity contribution < 1.29 is 27.5 Å². The largest absolute Gasteiger partial charge is 0.453 e. The van der Waals surface area contributed by atoms with Crippen LogP contribution in [0.5, 0.6) is 0 Å². The highest BCUT2D eigenvalue weighted by Gasteiger charge is 2.31. The van der Waals surface area contributed by atoms with Gasteiger partial charge < -0.3 is 10.1 Å². The van der Waals surface area contributed by atoms with Gasteiger partial charge in [-0.15, -0.1) is 0 Å². The summed E-state index contributed by atoms with van der Waals surface area (Å²) in [4.78, 5) is 22.4. The van der Waals surface area contributed by atoms with Crippen molar-refractivity contribution in [1.82, 2.24) is 5.32 Å². The van der Waals surface area contributed by atoms with Crippen molar-refractivity contribution in [2.24, 2.45) is 0 Å². The quantitative estimate of drug-likeness (QED) is 0.926. The number of ketones is 1. The van der Waals surface area contributed by atoms with Crippen LogP contribution in [0.1, 0.15) is 30.5 Å². The van der Waals surface area contributed by atoms with Gasteiger partial charge in [0.25, 0.3) is 0 Å². The van der Waals surface area contributed by atoms with E-state index in [1.165, 1.54) is 19.1 Å². The molecule has 20 heavy (non-hydrogen) atoms. The second kappa shape index (κ2) is 6.40. The Bertz CT molecular complexity index is 500. The number of alkyl halides is 3. The predicted octanol–water partition coefficient (Wildman–Crippen LogP) is 3.08. The molecule has 0 radical (unpaired) electrons. The van der Waals surface area contributed by atoms with Crippen LogP contribution in [-0.4, -0.2) is 19.0 Å². The maximum atomic E-state index is 12.6. The maximum absolute atomic E-state index is 12.6. The summed E-state index contributed by atoms with van der Waals surface area (Å²) in [5.41, 5.74) is -0.643. The van der Waals surface area contributed by atoms with Crippen molar-refractivity contribution in [3.63, 3.8) is 0 Å². The number of methoxy groups -OCH3 is 1. The zero-order valence-electron chi connectivity index (χ0n) is 11.0. The predicted molar refractivity (Wildman–Crippen MR) is 65.0 cm³/mol. The molecule has 0 aromatic heterocycles. The van der Waals surface area contributed by atoms with Crippen LogP contribution in [0.25, 0.3) is 0 Å². The van der Waals surface area contributed by atoms with Gasteiger partial charge in [0.05, 0.1) is 18.7 Å². The van der Waals surface area contributed by atoms with Crippen molar-refractivity contribution >= 4 is 11.9 Å². The van der Waals surface area contributed by atoms with Crippen LogP contribution in [0.3, 0.4) is 0 Å². The lowest BCUT2D eigenvalue weighted by Gasteiger charge is -2.18. The van der Waals surface area contributed by atoms with Crippen LogP contribution >= 0.6 is 0 Å². The van der Waals surface area contributed by atoms with Gasteiger partial charge in [0, 0.05) is 6.42 Å². The molecule has 0 aliphatic carbocycles. The molecular formula is C13H14F3NO3. The van der Waals surface area contributed by atoms with Crippen LogP contribution in [0.4, 0.5) is 18.0 Å². The molecule has 0 spiro atoms. The number of benzene rings is 1. The molecule has 1 rings (SSSR count). The van der Waals surface area contributed by atoms with E-state index in [4.69, 9.17) is 0 Å². The lowest BCUT2D eigenvalue weighted by Crippen LogP contribution is -2.29. The molecule has 0 saturated carbocycles. The zero-order valence-corrected chi connectivity index (χ0v) is 11.0. The number of hydrogen-bond acceptors (Lipinski definition) is 3. The zero-order chi connectivity index (χ0) is 15.3. The van der Waals surface area contributed by atoms with E-state index >= 15 is 0 Å². The summed E-state index contributed by atoms with van der Waals surface area (Å²) in [6.07, 6.45) is -5.41. The smallest absolute Gasteiger partial charge is 0.416 e. The topological polar surface area (TPSA) is 55.4 Å². The highest BCUT2D eigenvalue weighted by atomic mass is 19.4. The normalized spacial score (nSPS) is 12.7. The monoisotopic (exact) mass is 289 g/mol. The number of ether oxygens (including phenoxy) is 1. The molecule has 1 aromatic carbocycles. The lowest BCUT2D eigenvalue weighted by atomic mass is 9.99. The number of nitrogens with one attached hydrogen (secondary N) is 1. The molecule has 4 nitrogen and oxygen atoms in total. The lowest BCUT2D eigenvalue weighted by molar-refractivity contribution is -0.137. The minimum absolute atomic E-state index is 0.115. The van der Waals surface area contributed by atoms with E-state index in [0.717, 1.165) is 19.2 Å². The fourth-order valence-electron chi connectivity index (χ4n) is 1.67. The van der Waals surface area contributed by atoms with Crippen molar-refractivity contribution in [1.29, 1.82) is 0 Å². The van der Waals surface area contributed by atoms with Crippen molar-refractivity contribution in [3.05, 3.63) is 35.4 Å². The Morgan fingerprint density at radius 1 is 1.35 bits per heavy atom. The molecule has 0 saturated heterocycles. The molecule has 1 aromatic rings. The first-order valence-electron chi connectivity index (χ1n) is 5.75. The molecule has 110 valence electrons. The van der Waals surface area contributed by atoms with Gasteiger partial charge in [-0.3, -0.25) is 4.79 Å². The summed E-state index contributed by atoms with van der Waals surface area (Å²) < 4.78 is 42.3. The maximum Gasteiger partial charge on any atom is 0.416 e. The third-order valence-electron chi connectivity index (χ3n) is 2.59. The summed E-state index contributed by atoms with van der Waals surface area (Å²) in [5, 5.41) is 2.34. The Morgan fingerprint density at radius 2 is 2.00 bits per heavy atom. The van der Waals surface area contributed by atoms with Crippen molar-refractivity contribution in [3.8, 4) is 0 Å². The van der Waals surface area contributed by atoms with Gasteiger partial charge in [-0.1, -0.05) is 12.1 Å². The third-order valence-corrected chi connectivity index (χ3v) is 2.59. The highest BCUT2D eigenvalue weighted by Crippen LogP contribution is 2.31. The van der Waals surface area contributed by atoms with Gasteiger partial charge in [-0.2, -0.15) is 13.2 Å². The van der Waals surface area contributed by atoms with Crippen molar-refractivity contribution in [2.75, 3.05) is 7.11 Å². The number of rotatable bonds is 4. The van der Waals surface area contributed by atoms with Gasteiger partial charge in [-0.25, -0.2) is 4.79 Å². The average molecular weight is 289 g/mol. The van der Waals surface area contributed by atoms with Crippen LogP contribution in [-0.2, 0) is 15.7 Å². The molecule has 0 heterocycles. The molecule has 0 aliphatic rings. The first-order chi connectivity index (χ1) is 9.24. The summed E-state index contributed by atoms with van der Waals surface area (Å²) in [7, 11) is 1.13. The van der Waals surface area contributed by atoms with E-state index in [1.807, 2.05) is 0 Å². The fourth-order valence-corrected chi connectivity index (χ4v) is 1.67. The Kier molecular flexibility index (Phi) is 5.12. The van der Waals surface area contributed by atoms with E-state index < -0.39 is 23.9 Å². The Morgan fingerprint density at radius 3 is 2.50 bits per heavy atom. The number of hydrogen-bond donors (Lipinski definition) is 1. The summed E-state index contributed by atoms with van der Waals surface area (Å²) in [6, 6.07) is 3.61. The van der Waals surface area contributed by atoms with Crippen LogP contribution in [0.15, 0.2) is 24.3 Å². The van der Waals surface area contributed by atoms with Gasteiger partial charge >= 0.3 is 12.3 Å². The van der Waals surface area contributed by atoms with Gasteiger partial charge in [0.2, 0.25) is 0 Å². The second-order valence-corrected chi connectivity index (χ2v) is 4.22. The number of alkyl carbamates (subject to hydrolysis) is 1. The van der Waals surface area contributed by atoms with Crippen LogP contribution in [0.2, 0.25) is 0 Å². The molecule has 1 N–H and O–H groups in total. The van der Waals surface area contributed by atoms with E-state index in [-0.39, 0.29) is 17.8 Å². The minimum atomic E-state index is -4.48. The average Bonchev–Trinajstić information content (AvgIpc) is 2.36. The number of halogens is 3. The van der Waals surface area contributed by atoms with Crippen LogP contribution < -0.4 is 5.32 Å². The number of carbonyl (C=O) groups excluding carboxylic acids is 2. The molecule has 0 fully saturated rings. The standard InChI is InChI=1S/C13H14F3NO3/c1-8(18)6-11(17-12(19)20-2)9-4-3-5-10(7-9)13(14,15)16/h3-5,7,11H,6H2,1-2H3,(H,17,19)/t11-/m1/s1. The van der Waals surface area contributed by atoms with E-state index in [9.17, 15) is 22.8 Å². The van der Waals surface area contributed by atoms with Gasteiger partial charge in [-0.05, 0) is 24.6 Å².